The van der Waals surface area contributed by atoms with E-state index in [0.29, 0.717) is 0 Å². The van der Waals surface area contributed by atoms with Crippen molar-refractivity contribution in [1.82, 2.24) is 0 Å². The number of nitrogen functional groups attached to an aromatic ring is 1. The third kappa shape index (κ3) is 1.29. The van der Waals surface area contributed by atoms with Crippen LogP contribution in [0.25, 0.3) is 16.8 Å². The molecule has 0 saturated heterocycles. The molecule has 0 atom stereocenters. The van der Waals surface area contributed by atoms with Crippen molar-refractivity contribution in [2.24, 2.45) is 0 Å². The van der Waals surface area contributed by atoms with E-state index >= 15 is 0 Å². The molecule has 0 aliphatic rings. The normalized spacial score (nSPS) is 10.2. The van der Waals surface area contributed by atoms with E-state index in [2.05, 4.69) is 12.6 Å². The zero-order valence-corrected chi connectivity index (χ0v) is 7.33. The number of rotatable bonds is 1. The average Bonchev–Trinajstić information content (AvgIpc) is 2.17. The molecule has 0 spiro atoms. The Kier molecular flexibility index (Phi) is 1.78. The van der Waals surface area contributed by atoms with Crippen molar-refractivity contribution < 1.29 is 0 Å². The molecule has 0 aliphatic carbocycles. The van der Waals surface area contributed by atoms with Crippen molar-refractivity contribution in [3.05, 3.63) is 48.5 Å². The summed E-state index contributed by atoms with van der Waals surface area (Å²) in [7, 11) is 0. The molecular formula is C12H11N. The summed E-state index contributed by atoms with van der Waals surface area (Å²) in [6, 6.07) is 12.0. The molecular weight excluding hydrogens is 158 g/mol. The second-order valence-corrected chi connectivity index (χ2v) is 3.03. The maximum Gasteiger partial charge on any atom is 0.0320 e. The molecule has 2 aromatic carbocycles. The second kappa shape index (κ2) is 2.94. The van der Waals surface area contributed by atoms with Crippen LogP contribution in [0.15, 0.2) is 43.0 Å². The topological polar surface area (TPSA) is 26.0 Å². The molecule has 0 saturated carbocycles. The van der Waals surface area contributed by atoms with Gasteiger partial charge in [-0.15, -0.1) is 0 Å². The van der Waals surface area contributed by atoms with E-state index in [9.17, 15) is 0 Å². The van der Waals surface area contributed by atoms with E-state index in [4.69, 9.17) is 5.73 Å². The summed E-state index contributed by atoms with van der Waals surface area (Å²) < 4.78 is 0. The standard InChI is InChI=1S/C12H11N/c1-2-9-4-3-5-10-6-7-11(13)8-12(9)10/h2-8H,1,13H2. The zero-order chi connectivity index (χ0) is 9.26. The van der Waals surface area contributed by atoms with Gasteiger partial charge in [-0.3, -0.25) is 0 Å². The Bertz CT molecular complexity index is 458. The highest BCUT2D eigenvalue weighted by atomic mass is 14.5. The first-order valence-electron chi connectivity index (χ1n) is 4.22. The summed E-state index contributed by atoms with van der Waals surface area (Å²) in [6.07, 6.45) is 1.85. The quantitative estimate of drug-likeness (QED) is 0.652. The highest BCUT2D eigenvalue weighted by Gasteiger charge is 1.96. The lowest BCUT2D eigenvalue weighted by molar-refractivity contribution is 1.70. The Labute approximate surface area is 77.5 Å². The SMILES string of the molecule is C=Cc1cccc2ccc(N)cc12. The van der Waals surface area contributed by atoms with Gasteiger partial charge in [0.25, 0.3) is 0 Å². The minimum atomic E-state index is 0.793. The Morgan fingerprint density at radius 2 is 2.00 bits per heavy atom. The van der Waals surface area contributed by atoms with Crippen molar-refractivity contribution in [3.8, 4) is 0 Å². The lowest BCUT2D eigenvalue weighted by atomic mass is 10.0. The fourth-order valence-corrected chi connectivity index (χ4v) is 1.49. The molecule has 0 fully saturated rings. The predicted octanol–water partition coefficient (Wildman–Crippen LogP) is 3.07. The highest BCUT2D eigenvalue weighted by molar-refractivity contribution is 5.92. The molecule has 0 aromatic heterocycles. The number of benzene rings is 2. The molecule has 0 bridgehead atoms. The smallest absolute Gasteiger partial charge is 0.0320 e. The molecule has 0 heterocycles. The van der Waals surface area contributed by atoms with E-state index in [1.165, 1.54) is 5.39 Å². The first kappa shape index (κ1) is 7.87. The van der Waals surface area contributed by atoms with Crippen LogP contribution in [-0.2, 0) is 0 Å². The predicted molar refractivity (Wildman–Crippen MR) is 58.5 cm³/mol. The van der Waals surface area contributed by atoms with Gasteiger partial charge in [0.1, 0.15) is 0 Å². The number of anilines is 1. The Morgan fingerprint density at radius 3 is 2.77 bits per heavy atom. The van der Waals surface area contributed by atoms with Crippen LogP contribution >= 0.6 is 0 Å². The summed E-state index contributed by atoms with van der Waals surface area (Å²) in [5, 5.41) is 2.36. The van der Waals surface area contributed by atoms with E-state index in [1.54, 1.807) is 0 Å². The summed E-state index contributed by atoms with van der Waals surface area (Å²) in [5.74, 6) is 0. The van der Waals surface area contributed by atoms with Crippen molar-refractivity contribution in [1.29, 1.82) is 0 Å². The van der Waals surface area contributed by atoms with Gasteiger partial charge in [-0.05, 0) is 28.5 Å². The highest BCUT2D eigenvalue weighted by Crippen LogP contribution is 2.21. The molecule has 13 heavy (non-hydrogen) atoms. The number of hydrogen-bond donors (Lipinski definition) is 1. The third-order valence-corrected chi connectivity index (χ3v) is 2.16. The van der Waals surface area contributed by atoms with Crippen LogP contribution < -0.4 is 5.73 Å². The van der Waals surface area contributed by atoms with Gasteiger partial charge in [0, 0.05) is 5.69 Å². The molecule has 0 aliphatic heterocycles. The molecule has 2 rings (SSSR count). The van der Waals surface area contributed by atoms with Gasteiger partial charge >= 0.3 is 0 Å². The monoisotopic (exact) mass is 169 g/mol. The largest absolute Gasteiger partial charge is 0.399 e. The summed E-state index contributed by atoms with van der Waals surface area (Å²) in [5.41, 5.74) is 7.64. The third-order valence-electron chi connectivity index (χ3n) is 2.16. The zero-order valence-electron chi connectivity index (χ0n) is 7.33. The minimum absolute atomic E-state index is 0.793. The van der Waals surface area contributed by atoms with Crippen LogP contribution in [0.2, 0.25) is 0 Å². The fraction of sp³-hybridized carbons (Fsp3) is 0. The van der Waals surface area contributed by atoms with Crippen molar-refractivity contribution in [3.63, 3.8) is 0 Å². The Hall–Kier alpha value is -1.76. The number of nitrogens with two attached hydrogens (primary N) is 1. The number of hydrogen-bond acceptors (Lipinski definition) is 1. The van der Waals surface area contributed by atoms with Crippen molar-refractivity contribution in [2.45, 2.75) is 0 Å². The summed E-state index contributed by atoms with van der Waals surface area (Å²) >= 11 is 0. The van der Waals surface area contributed by atoms with Crippen LogP contribution in [-0.4, -0.2) is 0 Å². The second-order valence-electron chi connectivity index (χ2n) is 3.03. The van der Waals surface area contributed by atoms with E-state index in [-0.39, 0.29) is 0 Å². The van der Waals surface area contributed by atoms with Crippen LogP contribution in [0, 0.1) is 0 Å². The molecule has 0 unspecified atom stereocenters. The lowest BCUT2D eigenvalue weighted by Crippen LogP contribution is -1.85. The van der Waals surface area contributed by atoms with Gasteiger partial charge in [-0.2, -0.15) is 0 Å². The molecule has 1 heteroatoms. The molecule has 0 radical (unpaired) electrons. The van der Waals surface area contributed by atoms with Crippen LogP contribution in [0.1, 0.15) is 5.56 Å². The van der Waals surface area contributed by atoms with E-state index < -0.39 is 0 Å². The van der Waals surface area contributed by atoms with E-state index in [1.807, 2.05) is 36.4 Å². The first-order valence-corrected chi connectivity index (χ1v) is 4.22. The Morgan fingerprint density at radius 1 is 1.15 bits per heavy atom. The molecule has 2 N–H and O–H groups in total. The maximum absolute atomic E-state index is 5.71. The molecule has 64 valence electrons. The Balaban J connectivity index is 2.86. The van der Waals surface area contributed by atoms with Gasteiger partial charge < -0.3 is 5.73 Å². The van der Waals surface area contributed by atoms with E-state index in [0.717, 1.165) is 16.6 Å². The van der Waals surface area contributed by atoms with Gasteiger partial charge in [0.05, 0.1) is 0 Å². The van der Waals surface area contributed by atoms with Gasteiger partial charge in [-0.25, -0.2) is 0 Å². The van der Waals surface area contributed by atoms with Gasteiger partial charge in [-0.1, -0.05) is 36.9 Å². The summed E-state index contributed by atoms with van der Waals surface area (Å²) in [6.45, 7) is 3.77. The number of fused-ring (bicyclic) bond motifs is 1. The molecule has 2 aromatic rings. The van der Waals surface area contributed by atoms with Crippen LogP contribution in [0.5, 0.6) is 0 Å². The maximum atomic E-state index is 5.71. The van der Waals surface area contributed by atoms with Gasteiger partial charge in [0.15, 0.2) is 0 Å². The molecule has 1 nitrogen and oxygen atoms in total. The molecule has 0 amide bonds. The lowest BCUT2D eigenvalue weighted by Gasteiger charge is -2.02. The van der Waals surface area contributed by atoms with Crippen LogP contribution in [0.4, 0.5) is 5.69 Å². The van der Waals surface area contributed by atoms with Gasteiger partial charge in [0.2, 0.25) is 0 Å². The van der Waals surface area contributed by atoms with Crippen molar-refractivity contribution in [2.75, 3.05) is 5.73 Å². The van der Waals surface area contributed by atoms with Crippen molar-refractivity contribution >= 4 is 22.5 Å². The fourth-order valence-electron chi connectivity index (χ4n) is 1.49. The first-order chi connectivity index (χ1) is 6.31. The van der Waals surface area contributed by atoms with Crippen LogP contribution in [0.3, 0.4) is 0 Å². The minimum Gasteiger partial charge on any atom is -0.399 e. The average molecular weight is 169 g/mol. The summed E-state index contributed by atoms with van der Waals surface area (Å²) in [4.78, 5) is 0.